The van der Waals surface area contributed by atoms with E-state index < -0.39 is 0 Å². The van der Waals surface area contributed by atoms with Gasteiger partial charge in [-0.25, -0.2) is 0 Å². The fraction of sp³-hybridized carbons (Fsp3) is 0.500. The molecule has 0 aromatic carbocycles. The lowest BCUT2D eigenvalue weighted by molar-refractivity contribution is -0.155. The van der Waals surface area contributed by atoms with Gasteiger partial charge in [0.05, 0.1) is 0 Å². The molecule has 0 aliphatic carbocycles. The van der Waals surface area contributed by atoms with Gasteiger partial charge in [-0.15, -0.1) is 0 Å². The molecule has 0 aromatic heterocycles. The zero-order valence-electron chi connectivity index (χ0n) is 4.97. The number of hydrogen-bond donors (Lipinski definition) is 0. The number of carbonyl (C=O) groups is 1. The third-order valence-corrected chi connectivity index (χ3v) is 1.28. The van der Waals surface area contributed by atoms with Gasteiger partial charge < -0.3 is 4.74 Å². The molecule has 1 aliphatic rings. The molecule has 0 radical (unpaired) electrons. The summed E-state index contributed by atoms with van der Waals surface area (Å²) < 4.78 is 4.62. The molecule has 1 atom stereocenters. The maximum absolute atomic E-state index is 10.3. The summed E-state index contributed by atoms with van der Waals surface area (Å²) >= 11 is 0. The summed E-state index contributed by atoms with van der Waals surface area (Å²) in [4.78, 5) is 10.3. The summed E-state index contributed by atoms with van der Waals surface area (Å²) in [6.07, 6.45) is 1.81. The molecule has 1 aliphatic heterocycles. The van der Waals surface area contributed by atoms with E-state index >= 15 is 0 Å². The number of rotatable bonds is 0. The highest BCUT2D eigenvalue weighted by Gasteiger charge is 2.31. The zero-order chi connectivity index (χ0) is 6.15. The van der Waals surface area contributed by atoms with Gasteiger partial charge in [-0.2, -0.15) is 0 Å². The summed E-state index contributed by atoms with van der Waals surface area (Å²) in [6.45, 7) is 3.69. The van der Waals surface area contributed by atoms with E-state index in [1.807, 2.05) is 19.9 Å². The lowest BCUT2D eigenvalue weighted by Crippen LogP contribution is -2.29. The van der Waals surface area contributed by atoms with E-state index in [-0.39, 0.29) is 11.9 Å². The Bertz CT molecular complexity index is 147. The third-order valence-electron chi connectivity index (χ3n) is 1.28. The highest BCUT2D eigenvalue weighted by atomic mass is 16.6. The van der Waals surface area contributed by atoms with E-state index in [1.165, 1.54) is 0 Å². The molecule has 0 bridgehead atoms. The number of esters is 1. The van der Waals surface area contributed by atoms with Crippen LogP contribution in [0.5, 0.6) is 0 Å². The molecule has 0 aromatic rings. The quantitative estimate of drug-likeness (QED) is 0.438. The number of cyclic esters (lactones) is 1. The van der Waals surface area contributed by atoms with Gasteiger partial charge in [0.15, 0.2) is 0 Å². The molecule has 1 fully saturated rings. The Morgan fingerprint density at radius 1 is 1.75 bits per heavy atom. The Morgan fingerprint density at radius 3 is 2.50 bits per heavy atom. The Hall–Kier alpha value is -0.790. The third kappa shape index (κ3) is 0.529. The number of carbonyl (C=O) groups excluding carboxylic acids is 1. The lowest BCUT2D eigenvalue weighted by Gasteiger charge is -2.23. The highest BCUT2D eigenvalue weighted by molar-refractivity contribution is 5.82. The first-order valence-electron chi connectivity index (χ1n) is 2.63. The first kappa shape index (κ1) is 5.35. The molecule has 1 heterocycles. The monoisotopic (exact) mass is 112 g/mol. The summed E-state index contributed by atoms with van der Waals surface area (Å²) in [6, 6.07) is 0. The molecule has 2 heteroatoms. The second kappa shape index (κ2) is 1.62. The van der Waals surface area contributed by atoms with Gasteiger partial charge in [0.1, 0.15) is 11.7 Å². The fourth-order valence-corrected chi connectivity index (χ4v) is 0.660. The van der Waals surface area contributed by atoms with Crippen molar-refractivity contribution < 1.29 is 9.53 Å². The Kier molecular flexibility index (Phi) is 1.08. The zero-order valence-corrected chi connectivity index (χ0v) is 4.97. The van der Waals surface area contributed by atoms with Crippen LogP contribution in [0.3, 0.4) is 0 Å². The molecule has 0 amide bonds. The second-order valence-corrected chi connectivity index (χ2v) is 1.83. The maximum atomic E-state index is 10.3. The smallest absolute Gasteiger partial charge is 0.321 e. The highest BCUT2D eigenvalue weighted by Crippen LogP contribution is 2.24. The van der Waals surface area contributed by atoms with E-state index in [0.29, 0.717) is 0 Å². The molecule has 1 rings (SSSR count). The van der Waals surface area contributed by atoms with Crippen LogP contribution in [-0.4, -0.2) is 5.97 Å². The van der Waals surface area contributed by atoms with Crippen LogP contribution in [-0.2, 0) is 9.53 Å². The van der Waals surface area contributed by atoms with Crippen LogP contribution in [0.4, 0.5) is 0 Å². The Morgan fingerprint density at radius 2 is 2.38 bits per heavy atom. The molecule has 2 nitrogen and oxygen atoms in total. The normalized spacial score (nSPS) is 32.0. The second-order valence-electron chi connectivity index (χ2n) is 1.83. The largest absolute Gasteiger partial charge is 0.430 e. The van der Waals surface area contributed by atoms with E-state index in [0.717, 1.165) is 5.76 Å². The minimum absolute atomic E-state index is 0.0139. The van der Waals surface area contributed by atoms with Crippen LogP contribution in [0, 0.1) is 5.92 Å². The minimum Gasteiger partial charge on any atom is -0.430 e. The lowest BCUT2D eigenvalue weighted by atomic mass is 10.1. The maximum Gasteiger partial charge on any atom is 0.321 e. The first-order valence-corrected chi connectivity index (χ1v) is 2.63. The van der Waals surface area contributed by atoms with Crippen molar-refractivity contribution in [2.45, 2.75) is 13.8 Å². The number of allylic oxidation sites excluding steroid dienone is 1. The van der Waals surface area contributed by atoms with Crippen molar-refractivity contribution in [3.63, 3.8) is 0 Å². The SMILES string of the molecule is C/C=C1/OC(=O)C1C. The fourth-order valence-electron chi connectivity index (χ4n) is 0.660. The predicted molar refractivity (Wildman–Crippen MR) is 29.0 cm³/mol. The molecule has 8 heavy (non-hydrogen) atoms. The van der Waals surface area contributed by atoms with Crippen molar-refractivity contribution in [1.29, 1.82) is 0 Å². The topological polar surface area (TPSA) is 26.3 Å². The predicted octanol–water partition coefficient (Wildman–Crippen LogP) is 1.08. The van der Waals surface area contributed by atoms with Crippen LogP contribution in [0.15, 0.2) is 11.8 Å². The standard InChI is InChI=1S/C6H8O2/c1-3-5-4(2)6(7)8-5/h3-4H,1-2H3/b5-3+. The van der Waals surface area contributed by atoms with Gasteiger partial charge in [-0.3, -0.25) is 4.79 Å². The molecular formula is C6H8O2. The van der Waals surface area contributed by atoms with Crippen LogP contribution < -0.4 is 0 Å². The summed E-state index contributed by atoms with van der Waals surface area (Å²) in [7, 11) is 0. The first-order chi connectivity index (χ1) is 3.75. The van der Waals surface area contributed by atoms with Gasteiger partial charge in [0.2, 0.25) is 0 Å². The Labute approximate surface area is 48.1 Å². The average Bonchev–Trinajstić information content (AvgIpc) is 1.81. The van der Waals surface area contributed by atoms with E-state index in [4.69, 9.17) is 0 Å². The molecule has 44 valence electrons. The average molecular weight is 112 g/mol. The molecule has 0 spiro atoms. The van der Waals surface area contributed by atoms with E-state index in [9.17, 15) is 4.79 Å². The minimum atomic E-state index is -0.113. The van der Waals surface area contributed by atoms with Gasteiger partial charge >= 0.3 is 5.97 Å². The van der Waals surface area contributed by atoms with E-state index in [1.54, 1.807) is 0 Å². The van der Waals surface area contributed by atoms with Crippen LogP contribution in [0.25, 0.3) is 0 Å². The molecule has 0 saturated carbocycles. The summed E-state index contributed by atoms with van der Waals surface area (Å²) in [5.74, 6) is 0.702. The van der Waals surface area contributed by atoms with Crippen LogP contribution >= 0.6 is 0 Å². The van der Waals surface area contributed by atoms with Crippen molar-refractivity contribution in [2.24, 2.45) is 5.92 Å². The Balaban J connectivity index is 2.60. The van der Waals surface area contributed by atoms with Crippen molar-refractivity contribution >= 4 is 5.97 Å². The van der Waals surface area contributed by atoms with Gasteiger partial charge in [-0.05, 0) is 19.9 Å². The summed E-state index contributed by atoms with van der Waals surface area (Å²) in [5.41, 5.74) is 0. The van der Waals surface area contributed by atoms with Gasteiger partial charge in [-0.1, -0.05) is 0 Å². The van der Waals surface area contributed by atoms with Gasteiger partial charge in [0, 0.05) is 0 Å². The number of hydrogen-bond acceptors (Lipinski definition) is 2. The molecule has 1 unspecified atom stereocenters. The van der Waals surface area contributed by atoms with E-state index in [2.05, 4.69) is 4.74 Å². The number of ether oxygens (including phenoxy) is 1. The van der Waals surface area contributed by atoms with Crippen molar-refractivity contribution in [1.82, 2.24) is 0 Å². The molecule has 0 N–H and O–H groups in total. The van der Waals surface area contributed by atoms with Crippen molar-refractivity contribution in [2.75, 3.05) is 0 Å². The van der Waals surface area contributed by atoms with Gasteiger partial charge in [0.25, 0.3) is 0 Å². The van der Waals surface area contributed by atoms with Crippen LogP contribution in [0.2, 0.25) is 0 Å². The molecule has 1 saturated heterocycles. The molecular weight excluding hydrogens is 104 g/mol. The van der Waals surface area contributed by atoms with Crippen molar-refractivity contribution in [3.8, 4) is 0 Å². The van der Waals surface area contributed by atoms with Crippen LogP contribution in [0.1, 0.15) is 13.8 Å². The van der Waals surface area contributed by atoms with Crippen molar-refractivity contribution in [3.05, 3.63) is 11.8 Å². The summed E-state index contributed by atoms with van der Waals surface area (Å²) in [5, 5.41) is 0.